The average Bonchev–Trinajstić information content (AvgIpc) is 3.21. The van der Waals surface area contributed by atoms with E-state index in [-0.39, 0.29) is 11.8 Å². The Morgan fingerprint density at radius 1 is 1.09 bits per heavy atom. The number of carbonyl (C=O) groups excluding carboxylic acids is 2. The lowest BCUT2D eigenvalue weighted by atomic mass is 9.87. The Morgan fingerprint density at radius 2 is 1.97 bits per heavy atom. The third-order valence-electron chi connectivity index (χ3n) is 6.28. The number of pyridine rings is 1. The fourth-order valence-electron chi connectivity index (χ4n) is 4.54. The van der Waals surface area contributed by atoms with Gasteiger partial charge in [-0.3, -0.25) is 14.6 Å². The summed E-state index contributed by atoms with van der Waals surface area (Å²) in [5, 5.41) is 7.06. The first-order chi connectivity index (χ1) is 16.1. The molecule has 6 heteroatoms. The van der Waals surface area contributed by atoms with Gasteiger partial charge in [-0.05, 0) is 66.6 Å². The van der Waals surface area contributed by atoms with Gasteiger partial charge in [-0.25, -0.2) is 0 Å². The van der Waals surface area contributed by atoms with Crippen molar-refractivity contribution in [2.45, 2.75) is 32.7 Å². The molecule has 6 nitrogen and oxygen atoms in total. The molecule has 1 aliphatic carbocycles. The topological polar surface area (TPSA) is 86.9 Å². The Morgan fingerprint density at radius 3 is 2.82 bits per heavy atom. The van der Waals surface area contributed by atoms with Crippen molar-refractivity contribution in [2.75, 3.05) is 5.32 Å². The van der Waals surface area contributed by atoms with Crippen LogP contribution in [0.15, 0.2) is 67.0 Å². The zero-order valence-corrected chi connectivity index (χ0v) is 18.5. The van der Waals surface area contributed by atoms with E-state index in [0.717, 1.165) is 29.3 Å². The molecule has 0 aliphatic heterocycles. The second kappa shape index (κ2) is 8.90. The lowest BCUT2D eigenvalue weighted by Crippen LogP contribution is -2.23. The molecule has 0 saturated carbocycles. The minimum absolute atomic E-state index is 0.114. The maximum atomic E-state index is 13.0. The van der Waals surface area contributed by atoms with Gasteiger partial charge in [0.2, 0.25) is 0 Å². The number of aromatic amines is 1. The molecular formula is C27H26N4O2. The van der Waals surface area contributed by atoms with E-state index < -0.39 is 0 Å². The van der Waals surface area contributed by atoms with Crippen LogP contribution in [-0.2, 0) is 19.4 Å². The van der Waals surface area contributed by atoms with Crippen LogP contribution in [0.25, 0.3) is 10.9 Å². The molecule has 1 aliphatic rings. The zero-order chi connectivity index (χ0) is 22.8. The number of nitrogens with one attached hydrogen (secondary N) is 3. The van der Waals surface area contributed by atoms with Crippen LogP contribution < -0.4 is 10.6 Å². The molecule has 0 unspecified atom stereocenters. The number of aryl methyl sites for hydroxylation is 1. The number of benzene rings is 2. The molecule has 0 radical (unpaired) electrons. The lowest BCUT2D eigenvalue weighted by molar-refractivity contribution is 0.0951. The Labute approximate surface area is 192 Å². The molecular weight excluding hydrogens is 412 g/mol. The summed E-state index contributed by atoms with van der Waals surface area (Å²) in [5.41, 5.74) is 6.27. The summed E-state index contributed by atoms with van der Waals surface area (Å²) >= 11 is 0. The van der Waals surface area contributed by atoms with Crippen LogP contribution in [0.5, 0.6) is 0 Å². The molecule has 0 bridgehead atoms. The Kier molecular flexibility index (Phi) is 5.65. The highest BCUT2D eigenvalue weighted by atomic mass is 16.2. The molecule has 1 atom stereocenters. The summed E-state index contributed by atoms with van der Waals surface area (Å²) in [7, 11) is 0. The Bertz CT molecular complexity index is 1330. The predicted molar refractivity (Wildman–Crippen MR) is 129 cm³/mol. The second-order valence-electron chi connectivity index (χ2n) is 8.74. The van der Waals surface area contributed by atoms with E-state index in [0.29, 0.717) is 29.3 Å². The summed E-state index contributed by atoms with van der Waals surface area (Å²) in [6.45, 7) is 2.65. The number of fused-ring (bicyclic) bond motifs is 3. The van der Waals surface area contributed by atoms with Crippen molar-refractivity contribution in [3.8, 4) is 0 Å². The average molecular weight is 439 g/mol. The Hall–Kier alpha value is -3.93. The SMILES string of the molecule is C[C@@H]1CCc2[nH]c3c(C(=O)NCc4cccc(NC(=O)c5cccnc5)c4)cccc3c2C1. The molecule has 2 amide bonds. The number of amides is 2. The van der Waals surface area contributed by atoms with Gasteiger partial charge in [0.1, 0.15) is 0 Å². The van der Waals surface area contributed by atoms with Gasteiger partial charge in [-0.2, -0.15) is 0 Å². The standard InChI is InChI=1S/C27H26N4O2/c1-17-10-11-24-23(13-17)21-8-3-9-22(25(21)31-24)27(33)29-15-18-5-2-7-20(14-18)30-26(32)19-6-4-12-28-16-19/h2-9,12,14,16-17,31H,10-11,13,15H2,1H3,(H,29,33)(H,30,32)/t17-/m1/s1. The third kappa shape index (κ3) is 4.37. The Balaban J connectivity index is 1.29. The van der Waals surface area contributed by atoms with Crippen molar-refractivity contribution in [1.29, 1.82) is 0 Å². The van der Waals surface area contributed by atoms with Crippen LogP contribution in [-0.4, -0.2) is 21.8 Å². The highest BCUT2D eigenvalue weighted by molar-refractivity contribution is 6.07. The first-order valence-electron chi connectivity index (χ1n) is 11.3. The van der Waals surface area contributed by atoms with Crippen LogP contribution in [0.4, 0.5) is 5.69 Å². The molecule has 166 valence electrons. The number of carbonyl (C=O) groups is 2. The quantitative estimate of drug-likeness (QED) is 0.415. The lowest BCUT2D eigenvalue weighted by Gasteiger charge is -2.17. The van der Waals surface area contributed by atoms with E-state index in [2.05, 4.69) is 33.6 Å². The number of H-pyrrole nitrogens is 1. The highest BCUT2D eigenvalue weighted by Gasteiger charge is 2.22. The minimum atomic E-state index is -0.221. The highest BCUT2D eigenvalue weighted by Crippen LogP contribution is 2.33. The molecule has 5 rings (SSSR count). The minimum Gasteiger partial charge on any atom is -0.358 e. The zero-order valence-electron chi connectivity index (χ0n) is 18.5. The van der Waals surface area contributed by atoms with Gasteiger partial charge in [0.05, 0.1) is 16.6 Å². The summed E-state index contributed by atoms with van der Waals surface area (Å²) in [6.07, 6.45) is 6.42. The van der Waals surface area contributed by atoms with Gasteiger partial charge in [-0.1, -0.05) is 31.2 Å². The van der Waals surface area contributed by atoms with E-state index in [1.807, 2.05) is 36.4 Å². The number of anilines is 1. The van der Waals surface area contributed by atoms with Crippen molar-refractivity contribution in [1.82, 2.24) is 15.3 Å². The van der Waals surface area contributed by atoms with Gasteiger partial charge in [0, 0.05) is 35.7 Å². The largest absolute Gasteiger partial charge is 0.358 e. The molecule has 2 heterocycles. The van der Waals surface area contributed by atoms with E-state index in [1.54, 1.807) is 18.3 Å². The smallest absolute Gasteiger partial charge is 0.257 e. The molecule has 2 aromatic heterocycles. The summed E-state index contributed by atoms with van der Waals surface area (Å²) in [6, 6.07) is 16.8. The van der Waals surface area contributed by atoms with Crippen molar-refractivity contribution in [3.63, 3.8) is 0 Å². The summed E-state index contributed by atoms with van der Waals surface area (Å²) in [5.74, 6) is 0.331. The fraction of sp³-hybridized carbons (Fsp3) is 0.222. The van der Waals surface area contributed by atoms with E-state index >= 15 is 0 Å². The molecule has 33 heavy (non-hydrogen) atoms. The molecule has 4 aromatic rings. The summed E-state index contributed by atoms with van der Waals surface area (Å²) in [4.78, 5) is 32.9. The number of hydrogen-bond donors (Lipinski definition) is 3. The van der Waals surface area contributed by atoms with Crippen LogP contribution in [0.3, 0.4) is 0 Å². The number of rotatable bonds is 5. The van der Waals surface area contributed by atoms with Crippen molar-refractivity contribution >= 4 is 28.4 Å². The maximum absolute atomic E-state index is 13.0. The molecule has 0 saturated heterocycles. The molecule has 2 aromatic carbocycles. The van der Waals surface area contributed by atoms with Gasteiger partial charge < -0.3 is 15.6 Å². The van der Waals surface area contributed by atoms with Gasteiger partial charge in [0.25, 0.3) is 11.8 Å². The predicted octanol–water partition coefficient (Wildman–Crippen LogP) is 4.87. The monoisotopic (exact) mass is 438 g/mol. The van der Waals surface area contributed by atoms with Gasteiger partial charge in [0.15, 0.2) is 0 Å². The van der Waals surface area contributed by atoms with E-state index in [4.69, 9.17) is 0 Å². The maximum Gasteiger partial charge on any atom is 0.257 e. The van der Waals surface area contributed by atoms with Gasteiger partial charge in [-0.15, -0.1) is 0 Å². The molecule has 3 N–H and O–H groups in total. The fourth-order valence-corrected chi connectivity index (χ4v) is 4.54. The van der Waals surface area contributed by atoms with E-state index in [9.17, 15) is 9.59 Å². The first-order valence-corrected chi connectivity index (χ1v) is 11.3. The van der Waals surface area contributed by atoms with Crippen LogP contribution in [0, 0.1) is 5.92 Å². The third-order valence-corrected chi connectivity index (χ3v) is 6.28. The number of hydrogen-bond acceptors (Lipinski definition) is 3. The second-order valence-corrected chi connectivity index (χ2v) is 8.74. The first kappa shape index (κ1) is 20.9. The van der Waals surface area contributed by atoms with Crippen LogP contribution in [0.2, 0.25) is 0 Å². The van der Waals surface area contributed by atoms with E-state index in [1.165, 1.54) is 23.9 Å². The van der Waals surface area contributed by atoms with Gasteiger partial charge >= 0.3 is 0 Å². The van der Waals surface area contributed by atoms with Crippen LogP contribution in [0.1, 0.15) is 50.9 Å². The number of aromatic nitrogens is 2. The number of para-hydroxylation sites is 1. The van der Waals surface area contributed by atoms with Crippen molar-refractivity contribution in [3.05, 3.63) is 94.9 Å². The normalized spacial score (nSPS) is 15.1. The molecule has 0 fully saturated rings. The van der Waals surface area contributed by atoms with Crippen molar-refractivity contribution in [2.24, 2.45) is 5.92 Å². The summed E-state index contributed by atoms with van der Waals surface area (Å²) < 4.78 is 0. The van der Waals surface area contributed by atoms with Crippen LogP contribution >= 0.6 is 0 Å². The molecule has 0 spiro atoms. The number of nitrogens with zero attached hydrogens (tertiary/aromatic N) is 1. The van der Waals surface area contributed by atoms with Crippen molar-refractivity contribution < 1.29 is 9.59 Å².